The van der Waals surface area contributed by atoms with Crippen molar-refractivity contribution in [3.05, 3.63) is 0 Å². The molecule has 2 N–H and O–H groups in total. The lowest BCUT2D eigenvalue weighted by Gasteiger charge is -2.24. The second-order valence-corrected chi connectivity index (χ2v) is 5.05. The van der Waals surface area contributed by atoms with Gasteiger partial charge in [-0.2, -0.15) is 0 Å². The molecular weight excluding hydrogens is 234 g/mol. The molecular formula is C12H23N3O3. The van der Waals surface area contributed by atoms with Gasteiger partial charge in [-0.15, -0.1) is 0 Å². The van der Waals surface area contributed by atoms with Gasteiger partial charge in [0.2, 0.25) is 0 Å². The first-order chi connectivity index (χ1) is 8.49. The maximum Gasteiger partial charge on any atom is 0.323 e. The standard InChI is InChI=1S/C12H23N3O3/c1-14(2)7-8-15(9-11(16)17)12(18)13-10-5-3-4-6-10/h10H,3-9H2,1-2H3,(H,13,18)(H,16,17). The van der Waals surface area contributed by atoms with Crippen molar-refractivity contribution >= 4 is 12.0 Å². The van der Waals surface area contributed by atoms with Crippen molar-refractivity contribution in [1.29, 1.82) is 0 Å². The Kier molecular flexibility index (Phi) is 5.91. The van der Waals surface area contributed by atoms with Crippen LogP contribution in [0.15, 0.2) is 0 Å². The van der Waals surface area contributed by atoms with E-state index in [0.29, 0.717) is 13.1 Å². The van der Waals surface area contributed by atoms with Gasteiger partial charge in [0.15, 0.2) is 0 Å². The minimum Gasteiger partial charge on any atom is -0.480 e. The summed E-state index contributed by atoms with van der Waals surface area (Å²) in [5, 5.41) is 11.7. The maximum absolute atomic E-state index is 12.0. The van der Waals surface area contributed by atoms with E-state index in [1.807, 2.05) is 19.0 Å². The Morgan fingerprint density at radius 1 is 1.22 bits per heavy atom. The number of amides is 2. The fourth-order valence-electron chi connectivity index (χ4n) is 2.07. The van der Waals surface area contributed by atoms with Crippen molar-refractivity contribution in [2.24, 2.45) is 0 Å². The second kappa shape index (κ2) is 7.20. The Bertz CT molecular complexity index is 288. The van der Waals surface area contributed by atoms with Gasteiger partial charge >= 0.3 is 12.0 Å². The van der Waals surface area contributed by atoms with Crippen LogP contribution >= 0.6 is 0 Å². The van der Waals surface area contributed by atoms with E-state index in [9.17, 15) is 9.59 Å². The van der Waals surface area contributed by atoms with E-state index in [1.54, 1.807) is 0 Å². The fraction of sp³-hybridized carbons (Fsp3) is 0.833. The van der Waals surface area contributed by atoms with Gasteiger partial charge in [-0.25, -0.2) is 4.79 Å². The molecule has 0 heterocycles. The average molecular weight is 257 g/mol. The van der Waals surface area contributed by atoms with Gasteiger partial charge in [0.25, 0.3) is 0 Å². The SMILES string of the molecule is CN(C)CCN(CC(=O)O)C(=O)NC1CCCC1. The highest BCUT2D eigenvalue weighted by Gasteiger charge is 2.22. The van der Waals surface area contributed by atoms with Crippen LogP contribution in [0.1, 0.15) is 25.7 Å². The number of hydrogen-bond acceptors (Lipinski definition) is 3. The summed E-state index contributed by atoms with van der Waals surface area (Å²) >= 11 is 0. The van der Waals surface area contributed by atoms with Gasteiger partial charge < -0.3 is 20.2 Å². The monoisotopic (exact) mass is 257 g/mol. The molecule has 0 aromatic carbocycles. The number of likely N-dealkylation sites (N-methyl/N-ethyl adjacent to an activating group) is 1. The van der Waals surface area contributed by atoms with Crippen LogP contribution < -0.4 is 5.32 Å². The van der Waals surface area contributed by atoms with Crippen LogP contribution in [0.4, 0.5) is 4.79 Å². The summed E-state index contributed by atoms with van der Waals surface area (Å²) in [5.74, 6) is -0.977. The Balaban J connectivity index is 2.45. The summed E-state index contributed by atoms with van der Waals surface area (Å²) in [6, 6.07) is -0.0423. The highest BCUT2D eigenvalue weighted by atomic mass is 16.4. The molecule has 1 fully saturated rings. The van der Waals surface area contributed by atoms with Crippen molar-refractivity contribution < 1.29 is 14.7 Å². The van der Waals surface area contributed by atoms with Gasteiger partial charge in [0, 0.05) is 19.1 Å². The molecule has 0 spiro atoms. The number of rotatable bonds is 6. The molecule has 2 amide bonds. The highest BCUT2D eigenvalue weighted by Crippen LogP contribution is 2.17. The summed E-state index contributed by atoms with van der Waals surface area (Å²) in [7, 11) is 3.79. The Morgan fingerprint density at radius 3 is 2.33 bits per heavy atom. The van der Waals surface area contributed by atoms with Gasteiger partial charge in [-0.05, 0) is 26.9 Å². The lowest BCUT2D eigenvalue weighted by Crippen LogP contribution is -2.48. The number of carboxylic acid groups (broad SMARTS) is 1. The van der Waals surface area contributed by atoms with Gasteiger partial charge in [0.05, 0.1) is 0 Å². The number of carboxylic acids is 1. The molecule has 0 aromatic rings. The number of carbonyl (C=O) groups excluding carboxylic acids is 1. The number of hydrogen-bond donors (Lipinski definition) is 2. The minimum atomic E-state index is -0.977. The summed E-state index contributed by atoms with van der Waals surface area (Å²) in [4.78, 5) is 26.0. The summed E-state index contributed by atoms with van der Waals surface area (Å²) < 4.78 is 0. The first-order valence-corrected chi connectivity index (χ1v) is 6.41. The van der Waals surface area contributed by atoms with E-state index in [-0.39, 0.29) is 18.6 Å². The third-order valence-electron chi connectivity index (χ3n) is 3.11. The van der Waals surface area contributed by atoms with E-state index >= 15 is 0 Å². The van der Waals surface area contributed by atoms with Crippen LogP contribution in [0.25, 0.3) is 0 Å². The predicted molar refractivity (Wildman–Crippen MR) is 68.6 cm³/mol. The second-order valence-electron chi connectivity index (χ2n) is 5.05. The van der Waals surface area contributed by atoms with Gasteiger partial charge in [0.1, 0.15) is 6.54 Å². The van der Waals surface area contributed by atoms with Crippen molar-refractivity contribution in [2.75, 3.05) is 33.7 Å². The van der Waals surface area contributed by atoms with Crippen molar-refractivity contribution in [3.8, 4) is 0 Å². The predicted octanol–water partition coefficient (Wildman–Crippen LogP) is 0.587. The average Bonchev–Trinajstić information content (AvgIpc) is 2.76. The zero-order valence-electron chi connectivity index (χ0n) is 11.2. The van der Waals surface area contributed by atoms with Crippen LogP contribution in [0.2, 0.25) is 0 Å². The Morgan fingerprint density at radius 2 is 1.83 bits per heavy atom. The first kappa shape index (κ1) is 14.8. The molecule has 1 aliphatic rings. The lowest BCUT2D eigenvalue weighted by molar-refractivity contribution is -0.137. The topological polar surface area (TPSA) is 72.9 Å². The minimum absolute atomic E-state index is 0.216. The third kappa shape index (κ3) is 5.35. The molecule has 0 saturated heterocycles. The molecule has 0 unspecified atom stereocenters. The molecule has 0 aliphatic heterocycles. The number of carbonyl (C=O) groups is 2. The zero-order valence-corrected chi connectivity index (χ0v) is 11.2. The van der Waals surface area contributed by atoms with Crippen LogP contribution in [0.5, 0.6) is 0 Å². The van der Waals surface area contributed by atoms with Crippen LogP contribution in [-0.4, -0.2) is 66.7 Å². The van der Waals surface area contributed by atoms with E-state index in [2.05, 4.69) is 5.32 Å². The summed E-state index contributed by atoms with van der Waals surface area (Å²) in [5.41, 5.74) is 0. The molecule has 1 rings (SSSR count). The Hall–Kier alpha value is -1.30. The molecule has 18 heavy (non-hydrogen) atoms. The molecule has 1 aliphatic carbocycles. The lowest BCUT2D eigenvalue weighted by atomic mass is 10.2. The van der Waals surface area contributed by atoms with E-state index in [0.717, 1.165) is 25.7 Å². The molecule has 0 atom stereocenters. The van der Waals surface area contributed by atoms with Crippen LogP contribution in [-0.2, 0) is 4.79 Å². The number of nitrogens with zero attached hydrogens (tertiary/aromatic N) is 2. The molecule has 0 radical (unpaired) electrons. The smallest absolute Gasteiger partial charge is 0.323 e. The highest BCUT2D eigenvalue weighted by molar-refractivity contribution is 5.80. The molecule has 6 heteroatoms. The normalized spacial score (nSPS) is 15.9. The number of nitrogens with one attached hydrogen (secondary N) is 1. The van der Waals surface area contributed by atoms with Gasteiger partial charge in [-0.1, -0.05) is 12.8 Å². The van der Waals surface area contributed by atoms with Crippen molar-refractivity contribution in [2.45, 2.75) is 31.7 Å². The van der Waals surface area contributed by atoms with Crippen molar-refractivity contribution in [1.82, 2.24) is 15.1 Å². The van der Waals surface area contributed by atoms with Crippen LogP contribution in [0, 0.1) is 0 Å². The molecule has 104 valence electrons. The molecule has 0 aromatic heterocycles. The zero-order chi connectivity index (χ0) is 13.5. The maximum atomic E-state index is 12.0. The van der Waals surface area contributed by atoms with Crippen LogP contribution in [0.3, 0.4) is 0 Å². The quantitative estimate of drug-likeness (QED) is 0.730. The van der Waals surface area contributed by atoms with Gasteiger partial charge in [-0.3, -0.25) is 4.79 Å². The largest absolute Gasteiger partial charge is 0.480 e. The first-order valence-electron chi connectivity index (χ1n) is 6.41. The van der Waals surface area contributed by atoms with E-state index in [1.165, 1.54) is 4.90 Å². The summed E-state index contributed by atoms with van der Waals surface area (Å²) in [6.45, 7) is 0.843. The number of urea groups is 1. The third-order valence-corrected chi connectivity index (χ3v) is 3.11. The van der Waals surface area contributed by atoms with E-state index < -0.39 is 5.97 Å². The van der Waals surface area contributed by atoms with Crippen molar-refractivity contribution in [3.63, 3.8) is 0 Å². The fourth-order valence-corrected chi connectivity index (χ4v) is 2.07. The number of aliphatic carboxylic acids is 1. The molecule has 1 saturated carbocycles. The Labute approximate surface area is 108 Å². The molecule has 6 nitrogen and oxygen atoms in total. The molecule has 0 bridgehead atoms. The van der Waals surface area contributed by atoms with E-state index in [4.69, 9.17) is 5.11 Å². The summed E-state index contributed by atoms with van der Waals surface area (Å²) in [6.07, 6.45) is 4.28.